The van der Waals surface area contributed by atoms with Gasteiger partial charge in [-0.25, -0.2) is 8.78 Å². The number of carbonyl (C=O) groups is 1. The largest absolute Gasteiger partial charge is 0.416 e. The molecule has 3 atom stereocenters. The molecule has 0 N–H and O–H groups in total. The molecular weight excluding hydrogens is 494 g/mol. The van der Waals surface area contributed by atoms with Crippen LogP contribution >= 0.6 is 0 Å². The second-order valence-corrected chi connectivity index (χ2v) is 10.9. The van der Waals surface area contributed by atoms with E-state index >= 15 is 8.78 Å². The molecule has 10 heteroatoms. The van der Waals surface area contributed by atoms with Gasteiger partial charge in [-0.05, 0) is 55.3 Å². The minimum absolute atomic E-state index is 0.0234. The lowest BCUT2D eigenvalue weighted by Crippen LogP contribution is -2.55. The van der Waals surface area contributed by atoms with Gasteiger partial charge in [0, 0.05) is 31.2 Å². The zero-order chi connectivity index (χ0) is 27.5. The molecule has 0 aliphatic carbocycles. The standard InChI is InChI=1S/C26H35F8NO/c1-5-21(36)16-19-12-15-35(20(10-13-23(2,3)4)11-14-24(27,28)29)22(25(19,30)31)17-6-8-18(9-7-17)26(32,33)34/h6-9,19-20,22H,5,10-16H2,1-4H3/t19-,20+,22+/m0/s1. The molecule has 0 saturated carbocycles. The van der Waals surface area contributed by atoms with Gasteiger partial charge in [-0.2, -0.15) is 26.3 Å². The fourth-order valence-corrected chi connectivity index (χ4v) is 4.80. The first kappa shape index (κ1) is 30.5. The van der Waals surface area contributed by atoms with Gasteiger partial charge in [-0.3, -0.25) is 9.69 Å². The van der Waals surface area contributed by atoms with Crippen LogP contribution in [0, 0.1) is 11.3 Å². The van der Waals surface area contributed by atoms with Crippen LogP contribution in [0.3, 0.4) is 0 Å². The van der Waals surface area contributed by atoms with E-state index in [1.807, 2.05) is 20.8 Å². The SMILES string of the molecule is CCC(=O)C[C@@H]1CCN([C@H](CCC(C)(C)C)CCC(F)(F)F)[C@H](c2ccc(C(F)(F)F)cc2)C1(F)F. The summed E-state index contributed by atoms with van der Waals surface area (Å²) in [5.41, 5.74) is -1.36. The number of nitrogens with zero attached hydrogens (tertiary/aromatic N) is 1. The first-order chi connectivity index (χ1) is 16.3. The van der Waals surface area contributed by atoms with Crippen LogP contribution in [0.5, 0.6) is 0 Å². The van der Waals surface area contributed by atoms with E-state index in [-0.39, 0.29) is 49.0 Å². The number of benzene rings is 1. The molecule has 1 aliphatic rings. The van der Waals surface area contributed by atoms with Crippen molar-refractivity contribution in [2.45, 2.75) is 103 Å². The molecule has 0 spiro atoms. The molecule has 0 aromatic heterocycles. The molecule has 1 heterocycles. The summed E-state index contributed by atoms with van der Waals surface area (Å²) in [5, 5.41) is 0. The maximum absolute atomic E-state index is 16.0. The molecule has 0 bridgehead atoms. The van der Waals surface area contributed by atoms with Crippen LogP contribution in [-0.2, 0) is 11.0 Å². The molecule has 1 fully saturated rings. The Bertz CT molecular complexity index is 837. The monoisotopic (exact) mass is 529 g/mol. The molecule has 36 heavy (non-hydrogen) atoms. The van der Waals surface area contributed by atoms with Gasteiger partial charge in [0.1, 0.15) is 5.78 Å². The number of ketones is 1. The first-order valence-electron chi connectivity index (χ1n) is 12.2. The Morgan fingerprint density at radius 3 is 2.03 bits per heavy atom. The highest BCUT2D eigenvalue weighted by Crippen LogP contribution is 2.50. The first-order valence-corrected chi connectivity index (χ1v) is 12.2. The molecule has 206 valence electrons. The maximum Gasteiger partial charge on any atom is 0.416 e. The molecule has 1 aliphatic heterocycles. The Balaban J connectivity index is 2.52. The Kier molecular flexibility index (Phi) is 9.62. The molecule has 0 unspecified atom stereocenters. The highest BCUT2D eigenvalue weighted by Gasteiger charge is 2.55. The van der Waals surface area contributed by atoms with Gasteiger partial charge in [-0.15, -0.1) is 0 Å². The van der Waals surface area contributed by atoms with Crippen molar-refractivity contribution in [3.8, 4) is 0 Å². The number of halogens is 8. The summed E-state index contributed by atoms with van der Waals surface area (Å²) in [6.07, 6.45) is -10.4. The highest BCUT2D eigenvalue weighted by atomic mass is 19.4. The van der Waals surface area contributed by atoms with Crippen LogP contribution in [0.4, 0.5) is 35.1 Å². The van der Waals surface area contributed by atoms with Crippen molar-refractivity contribution < 1.29 is 39.9 Å². The topological polar surface area (TPSA) is 20.3 Å². The van der Waals surface area contributed by atoms with Crippen molar-refractivity contribution in [3.63, 3.8) is 0 Å². The van der Waals surface area contributed by atoms with Crippen molar-refractivity contribution in [2.75, 3.05) is 6.54 Å². The van der Waals surface area contributed by atoms with Crippen LogP contribution in [0.25, 0.3) is 0 Å². The van der Waals surface area contributed by atoms with Crippen LogP contribution in [0.2, 0.25) is 0 Å². The lowest BCUT2D eigenvalue weighted by Gasteiger charge is -2.49. The van der Waals surface area contributed by atoms with E-state index in [0.29, 0.717) is 18.6 Å². The van der Waals surface area contributed by atoms with E-state index < -0.39 is 54.7 Å². The summed E-state index contributed by atoms with van der Waals surface area (Å²) in [6, 6.07) is 0.786. The summed E-state index contributed by atoms with van der Waals surface area (Å²) in [6.45, 7) is 7.29. The molecule has 2 nitrogen and oxygen atoms in total. The maximum atomic E-state index is 16.0. The van der Waals surface area contributed by atoms with Gasteiger partial charge in [0.15, 0.2) is 0 Å². The van der Waals surface area contributed by atoms with E-state index in [1.54, 1.807) is 6.92 Å². The van der Waals surface area contributed by atoms with Crippen molar-refractivity contribution in [3.05, 3.63) is 35.4 Å². The molecule has 0 amide bonds. The number of carbonyl (C=O) groups excluding carboxylic acids is 1. The predicted octanol–water partition coefficient (Wildman–Crippen LogP) is 8.61. The highest BCUT2D eigenvalue weighted by molar-refractivity contribution is 5.78. The summed E-state index contributed by atoms with van der Waals surface area (Å²) < 4.78 is 111. The summed E-state index contributed by atoms with van der Waals surface area (Å²) in [4.78, 5) is 13.4. The van der Waals surface area contributed by atoms with Crippen LogP contribution in [0.1, 0.15) is 89.8 Å². The van der Waals surface area contributed by atoms with Crippen molar-refractivity contribution in [2.24, 2.45) is 11.3 Å². The quantitative estimate of drug-likeness (QED) is 0.299. The molecule has 0 radical (unpaired) electrons. The van der Waals surface area contributed by atoms with E-state index in [2.05, 4.69) is 0 Å². The minimum Gasteiger partial charge on any atom is -0.300 e. The van der Waals surface area contributed by atoms with E-state index in [9.17, 15) is 31.1 Å². The number of hydrogen-bond donors (Lipinski definition) is 0. The van der Waals surface area contributed by atoms with E-state index in [4.69, 9.17) is 0 Å². The number of Topliss-reactive ketones (excluding diaryl/α,β-unsaturated/α-hetero) is 1. The molecule has 1 aromatic rings. The molecule has 2 rings (SSSR count). The average Bonchev–Trinajstić information content (AvgIpc) is 2.73. The third-order valence-electron chi connectivity index (χ3n) is 6.86. The lowest BCUT2D eigenvalue weighted by atomic mass is 9.78. The Morgan fingerprint density at radius 2 is 1.56 bits per heavy atom. The average molecular weight is 530 g/mol. The van der Waals surface area contributed by atoms with Gasteiger partial charge < -0.3 is 0 Å². The second-order valence-electron chi connectivity index (χ2n) is 10.9. The van der Waals surface area contributed by atoms with Gasteiger partial charge in [0.25, 0.3) is 5.92 Å². The fourth-order valence-electron chi connectivity index (χ4n) is 4.80. The van der Waals surface area contributed by atoms with Gasteiger partial charge in [0.05, 0.1) is 11.6 Å². The fraction of sp³-hybridized carbons (Fsp3) is 0.731. The number of hydrogen-bond acceptors (Lipinski definition) is 2. The molecular formula is C26H35F8NO. The van der Waals surface area contributed by atoms with Crippen LogP contribution < -0.4 is 0 Å². The smallest absolute Gasteiger partial charge is 0.300 e. The second kappa shape index (κ2) is 11.4. The van der Waals surface area contributed by atoms with Gasteiger partial charge in [0.2, 0.25) is 0 Å². The zero-order valence-corrected chi connectivity index (χ0v) is 21.1. The predicted molar refractivity (Wildman–Crippen MR) is 122 cm³/mol. The Labute approximate surface area is 207 Å². The van der Waals surface area contributed by atoms with Crippen molar-refractivity contribution >= 4 is 5.78 Å². The molecule has 1 aromatic carbocycles. The van der Waals surface area contributed by atoms with Gasteiger partial charge in [-0.1, -0.05) is 39.8 Å². The Morgan fingerprint density at radius 1 is 1.00 bits per heavy atom. The third-order valence-corrected chi connectivity index (χ3v) is 6.86. The Hall–Kier alpha value is -1.71. The number of likely N-dealkylation sites (tertiary alicyclic amines) is 1. The summed E-state index contributed by atoms with van der Waals surface area (Å²) in [7, 11) is 0. The number of rotatable bonds is 9. The van der Waals surface area contributed by atoms with Gasteiger partial charge >= 0.3 is 12.4 Å². The van der Waals surface area contributed by atoms with Crippen molar-refractivity contribution in [1.29, 1.82) is 0 Å². The van der Waals surface area contributed by atoms with Crippen molar-refractivity contribution in [1.82, 2.24) is 4.90 Å². The normalized spacial score (nSPS) is 22.4. The van der Waals surface area contributed by atoms with Crippen LogP contribution in [-0.4, -0.2) is 35.4 Å². The number of piperidine rings is 1. The van der Waals surface area contributed by atoms with E-state index in [1.165, 1.54) is 4.90 Å². The molecule has 1 saturated heterocycles. The lowest BCUT2D eigenvalue weighted by molar-refractivity contribution is -0.177. The summed E-state index contributed by atoms with van der Waals surface area (Å²) >= 11 is 0. The summed E-state index contributed by atoms with van der Waals surface area (Å²) in [5.74, 6) is -5.24. The number of alkyl halides is 8. The minimum atomic E-state index is -4.66. The third kappa shape index (κ3) is 8.42. The van der Waals surface area contributed by atoms with E-state index in [0.717, 1.165) is 12.1 Å². The zero-order valence-electron chi connectivity index (χ0n) is 21.1. The van der Waals surface area contributed by atoms with Crippen LogP contribution in [0.15, 0.2) is 24.3 Å².